The highest BCUT2D eigenvalue weighted by Crippen LogP contribution is 2.31. The first-order valence-electron chi connectivity index (χ1n) is 7.98. The van der Waals surface area contributed by atoms with E-state index in [1.165, 1.54) is 5.56 Å². The van der Waals surface area contributed by atoms with Gasteiger partial charge < -0.3 is 10.1 Å². The fourth-order valence-corrected chi connectivity index (χ4v) is 2.30. The molecule has 1 aromatic carbocycles. The molecule has 0 aliphatic heterocycles. The Morgan fingerprint density at radius 3 is 2.62 bits per heavy atom. The molecule has 0 bridgehead atoms. The largest absolute Gasteiger partial charge is 0.473 e. The first kappa shape index (κ1) is 17.8. The molecule has 24 heavy (non-hydrogen) atoms. The highest BCUT2D eigenvalue weighted by molar-refractivity contribution is 5.88. The number of anilines is 1. The molecule has 2 rings (SSSR count). The van der Waals surface area contributed by atoms with Gasteiger partial charge in [-0.25, -0.2) is 9.78 Å². The third-order valence-electron chi connectivity index (χ3n) is 3.64. The predicted molar refractivity (Wildman–Crippen MR) is 96.5 cm³/mol. The number of carbonyl (C=O) groups excluding carboxylic acids is 1. The van der Waals surface area contributed by atoms with E-state index in [1.54, 1.807) is 6.20 Å². The van der Waals surface area contributed by atoms with Gasteiger partial charge in [0.15, 0.2) is 6.73 Å². The zero-order valence-electron chi connectivity index (χ0n) is 14.9. The van der Waals surface area contributed by atoms with Crippen LogP contribution in [-0.4, -0.2) is 17.7 Å². The van der Waals surface area contributed by atoms with Crippen LogP contribution in [0.15, 0.2) is 36.5 Å². The quantitative estimate of drug-likeness (QED) is 0.829. The SMILES string of the molecule is Cc1ccc(OCNC(=O)Nc2ncccc2C)c(C(C)(C)C)c1. The van der Waals surface area contributed by atoms with Crippen molar-refractivity contribution in [3.63, 3.8) is 0 Å². The normalized spacial score (nSPS) is 11.0. The molecule has 1 aromatic heterocycles. The van der Waals surface area contributed by atoms with Gasteiger partial charge in [-0.3, -0.25) is 5.32 Å². The Morgan fingerprint density at radius 1 is 1.21 bits per heavy atom. The summed E-state index contributed by atoms with van der Waals surface area (Å²) >= 11 is 0. The summed E-state index contributed by atoms with van der Waals surface area (Å²) < 4.78 is 5.76. The molecule has 1 heterocycles. The van der Waals surface area contributed by atoms with Gasteiger partial charge in [-0.1, -0.05) is 44.5 Å². The molecule has 0 aliphatic carbocycles. The van der Waals surface area contributed by atoms with Gasteiger partial charge in [0, 0.05) is 6.20 Å². The number of hydrogen-bond acceptors (Lipinski definition) is 3. The number of amides is 2. The van der Waals surface area contributed by atoms with Crippen molar-refractivity contribution in [3.05, 3.63) is 53.2 Å². The van der Waals surface area contributed by atoms with E-state index in [0.717, 1.165) is 16.9 Å². The van der Waals surface area contributed by atoms with Crippen molar-refractivity contribution in [3.8, 4) is 5.75 Å². The van der Waals surface area contributed by atoms with Crippen molar-refractivity contribution in [1.29, 1.82) is 0 Å². The Balaban J connectivity index is 1.95. The zero-order valence-corrected chi connectivity index (χ0v) is 14.9. The van der Waals surface area contributed by atoms with Gasteiger partial charge in [-0.2, -0.15) is 0 Å². The van der Waals surface area contributed by atoms with Crippen LogP contribution < -0.4 is 15.4 Å². The number of carbonyl (C=O) groups is 1. The number of hydrogen-bond donors (Lipinski definition) is 2. The average molecular weight is 327 g/mol. The van der Waals surface area contributed by atoms with Gasteiger partial charge in [0.1, 0.15) is 11.6 Å². The maximum absolute atomic E-state index is 11.9. The summed E-state index contributed by atoms with van der Waals surface area (Å²) in [5.74, 6) is 1.32. The number of aromatic nitrogens is 1. The second-order valence-corrected chi connectivity index (χ2v) is 6.84. The van der Waals surface area contributed by atoms with Crippen LogP contribution in [0.3, 0.4) is 0 Å². The smallest absolute Gasteiger partial charge is 0.323 e. The van der Waals surface area contributed by atoms with E-state index in [4.69, 9.17) is 4.74 Å². The Hall–Kier alpha value is -2.56. The number of rotatable bonds is 4. The molecule has 0 unspecified atom stereocenters. The third kappa shape index (κ3) is 4.72. The summed E-state index contributed by atoms with van der Waals surface area (Å²) in [6, 6.07) is 9.43. The molecule has 0 saturated carbocycles. The van der Waals surface area contributed by atoms with Crippen molar-refractivity contribution in [2.75, 3.05) is 12.0 Å². The van der Waals surface area contributed by atoms with Crippen molar-refractivity contribution in [2.45, 2.75) is 40.0 Å². The van der Waals surface area contributed by atoms with Crippen molar-refractivity contribution >= 4 is 11.8 Å². The Bertz CT molecular complexity index is 721. The van der Waals surface area contributed by atoms with E-state index >= 15 is 0 Å². The fourth-order valence-electron chi connectivity index (χ4n) is 2.30. The average Bonchev–Trinajstić information content (AvgIpc) is 2.50. The van der Waals surface area contributed by atoms with Crippen LogP contribution in [0.1, 0.15) is 37.5 Å². The van der Waals surface area contributed by atoms with Crippen LogP contribution >= 0.6 is 0 Å². The van der Waals surface area contributed by atoms with Crippen molar-refractivity contribution in [1.82, 2.24) is 10.3 Å². The molecule has 0 radical (unpaired) electrons. The molecule has 2 N–H and O–H groups in total. The summed E-state index contributed by atoms with van der Waals surface area (Å²) in [7, 11) is 0. The Kier molecular flexibility index (Phi) is 5.44. The molecule has 0 spiro atoms. The summed E-state index contributed by atoms with van der Waals surface area (Å²) in [5.41, 5.74) is 3.17. The molecular formula is C19H25N3O2. The monoisotopic (exact) mass is 327 g/mol. The summed E-state index contributed by atoms with van der Waals surface area (Å²) in [6.45, 7) is 10.4. The maximum atomic E-state index is 11.9. The lowest BCUT2D eigenvalue weighted by molar-refractivity contribution is 0.233. The van der Waals surface area contributed by atoms with Gasteiger partial charge in [0.05, 0.1) is 0 Å². The molecule has 0 saturated heterocycles. The van der Waals surface area contributed by atoms with E-state index < -0.39 is 0 Å². The van der Waals surface area contributed by atoms with Gasteiger partial charge in [0.25, 0.3) is 0 Å². The summed E-state index contributed by atoms with van der Waals surface area (Å²) in [6.07, 6.45) is 1.64. The van der Waals surface area contributed by atoms with Gasteiger partial charge in [-0.05, 0) is 42.5 Å². The standard InChI is InChI=1S/C19H25N3O2/c1-13-8-9-16(15(11-13)19(3,4)5)24-12-21-18(23)22-17-14(2)7-6-10-20-17/h6-11H,12H2,1-5H3,(H2,20,21,22,23). The summed E-state index contributed by atoms with van der Waals surface area (Å²) in [5, 5.41) is 5.40. The number of ether oxygens (including phenoxy) is 1. The lowest BCUT2D eigenvalue weighted by Crippen LogP contribution is -2.32. The first-order valence-corrected chi connectivity index (χ1v) is 7.98. The van der Waals surface area contributed by atoms with E-state index in [9.17, 15) is 4.79 Å². The first-order chi connectivity index (χ1) is 11.3. The third-order valence-corrected chi connectivity index (χ3v) is 3.64. The van der Waals surface area contributed by atoms with E-state index in [2.05, 4.69) is 49.4 Å². The molecule has 2 amide bonds. The highest BCUT2D eigenvalue weighted by atomic mass is 16.5. The minimum Gasteiger partial charge on any atom is -0.473 e. The Morgan fingerprint density at radius 2 is 1.96 bits per heavy atom. The van der Waals surface area contributed by atoms with Crippen LogP contribution in [0.5, 0.6) is 5.75 Å². The molecule has 0 atom stereocenters. The van der Waals surface area contributed by atoms with Crippen LogP contribution in [0.2, 0.25) is 0 Å². The molecule has 5 heteroatoms. The number of aryl methyl sites for hydroxylation is 2. The number of urea groups is 1. The molecule has 0 fully saturated rings. The van der Waals surface area contributed by atoms with Gasteiger partial charge >= 0.3 is 6.03 Å². The van der Waals surface area contributed by atoms with Gasteiger partial charge in [0.2, 0.25) is 0 Å². The summed E-state index contributed by atoms with van der Waals surface area (Å²) in [4.78, 5) is 16.1. The minimum absolute atomic E-state index is 0.0331. The van der Waals surface area contributed by atoms with E-state index in [-0.39, 0.29) is 18.2 Å². The van der Waals surface area contributed by atoms with Gasteiger partial charge in [-0.15, -0.1) is 0 Å². The zero-order chi connectivity index (χ0) is 17.7. The van der Waals surface area contributed by atoms with Crippen molar-refractivity contribution in [2.24, 2.45) is 0 Å². The second-order valence-electron chi connectivity index (χ2n) is 6.84. The van der Waals surface area contributed by atoms with Crippen molar-refractivity contribution < 1.29 is 9.53 Å². The number of benzene rings is 1. The molecule has 128 valence electrons. The molecule has 5 nitrogen and oxygen atoms in total. The minimum atomic E-state index is -0.346. The van der Waals surface area contributed by atoms with E-state index in [0.29, 0.717) is 5.82 Å². The number of nitrogens with one attached hydrogen (secondary N) is 2. The van der Waals surface area contributed by atoms with E-state index in [1.807, 2.05) is 31.2 Å². The van der Waals surface area contributed by atoms with Crippen LogP contribution in [0.4, 0.5) is 10.6 Å². The molecular weight excluding hydrogens is 302 g/mol. The number of nitrogens with zero attached hydrogens (tertiary/aromatic N) is 1. The molecule has 0 aliphatic rings. The maximum Gasteiger partial charge on any atom is 0.323 e. The van der Waals surface area contributed by atoms with Crippen LogP contribution in [0.25, 0.3) is 0 Å². The number of pyridine rings is 1. The lowest BCUT2D eigenvalue weighted by Gasteiger charge is -2.23. The highest BCUT2D eigenvalue weighted by Gasteiger charge is 2.19. The van der Waals surface area contributed by atoms with Crippen LogP contribution in [-0.2, 0) is 5.41 Å². The Labute approximate surface area is 143 Å². The fraction of sp³-hybridized carbons (Fsp3) is 0.368. The predicted octanol–water partition coefficient (Wildman–Crippen LogP) is 4.15. The lowest BCUT2D eigenvalue weighted by atomic mass is 9.85. The van der Waals surface area contributed by atoms with Crippen LogP contribution in [0, 0.1) is 13.8 Å². The molecule has 2 aromatic rings. The topological polar surface area (TPSA) is 63.2 Å². The second kappa shape index (κ2) is 7.34.